The maximum atomic E-state index is 6.04. The van der Waals surface area contributed by atoms with Gasteiger partial charge in [-0.15, -0.1) is 11.3 Å². The zero-order chi connectivity index (χ0) is 11.7. The van der Waals surface area contributed by atoms with Crippen LogP contribution in [0.25, 0.3) is 0 Å². The summed E-state index contributed by atoms with van der Waals surface area (Å²) in [6.07, 6.45) is 5.08. The van der Waals surface area contributed by atoms with Crippen LogP contribution in [-0.2, 0) is 19.3 Å². The van der Waals surface area contributed by atoms with E-state index in [9.17, 15) is 0 Å². The molecular weight excluding hydrogens is 228 g/mol. The number of nitrogens with zero attached hydrogens (tertiary/aromatic N) is 1. The molecule has 17 heavy (non-hydrogen) atoms. The first-order chi connectivity index (χ1) is 8.31. The van der Waals surface area contributed by atoms with Crippen molar-refractivity contribution in [3.63, 3.8) is 0 Å². The van der Waals surface area contributed by atoms with E-state index in [4.69, 9.17) is 5.73 Å². The largest absolute Gasteiger partial charge is 0.330 e. The predicted octanol–water partition coefficient (Wildman–Crippen LogP) is 2.43. The summed E-state index contributed by atoms with van der Waals surface area (Å²) in [6, 6.07) is 8.70. The highest BCUT2D eigenvalue weighted by molar-refractivity contribution is 7.09. The fourth-order valence-electron chi connectivity index (χ4n) is 2.78. The molecule has 1 aliphatic rings. The number of rotatable bonds is 3. The molecule has 1 heterocycles. The summed E-state index contributed by atoms with van der Waals surface area (Å²) in [4.78, 5) is 4.40. The van der Waals surface area contributed by atoms with Crippen LogP contribution in [0.2, 0.25) is 0 Å². The van der Waals surface area contributed by atoms with Gasteiger partial charge >= 0.3 is 0 Å². The van der Waals surface area contributed by atoms with Crippen molar-refractivity contribution in [2.75, 3.05) is 6.54 Å². The smallest absolute Gasteiger partial charge is 0.0931 e. The molecule has 0 amide bonds. The van der Waals surface area contributed by atoms with Gasteiger partial charge in [0.2, 0.25) is 0 Å². The Kier molecular flexibility index (Phi) is 2.73. The van der Waals surface area contributed by atoms with Crippen molar-refractivity contribution >= 4 is 11.3 Å². The van der Waals surface area contributed by atoms with Gasteiger partial charge in [-0.05, 0) is 35.9 Å². The zero-order valence-corrected chi connectivity index (χ0v) is 10.5. The first kappa shape index (κ1) is 10.9. The molecule has 0 radical (unpaired) electrons. The zero-order valence-electron chi connectivity index (χ0n) is 9.73. The first-order valence-electron chi connectivity index (χ1n) is 5.97. The molecule has 0 fully saturated rings. The van der Waals surface area contributed by atoms with Gasteiger partial charge in [-0.3, -0.25) is 0 Å². The Labute approximate surface area is 106 Å². The van der Waals surface area contributed by atoms with E-state index in [0.717, 1.165) is 25.8 Å². The lowest BCUT2D eigenvalue weighted by atomic mass is 9.82. The van der Waals surface area contributed by atoms with E-state index in [1.165, 1.54) is 16.1 Å². The van der Waals surface area contributed by atoms with Crippen LogP contribution in [0.5, 0.6) is 0 Å². The third kappa shape index (κ3) is 2.01. The van der Waals surface area contributed by atoms with Crippen LogP contribution in [0, 0.1) is 5.41 Å². The second-order valence-corrected chi connectivity index (χ2v) is 5.91. The van der Waals surface area contributed by atoms with Gasteiger partial charge in [-0.25, -0.2) is 4.98 Å². The van der Waals surface area contributed by atoms with Crippen molar-refractivity contribution in [2.45, 2.75) is 19.3 Å². The average Bonchev–Trinajstić information content (AvgIpc) is 2.96. The summed E-state index contributed by atoms with van der Waals surface area (Å²) >= 11 is 1.74. The van der Waals surface area contributed by atoms with E-state index in [1.54, 1.807) is 11.3 Å². The van der Waals surface area contributed by atoms with Gasteiger partial charge in [0.15, 0.2) is 0 Å². The lowest BCUT2D eigenvalue weighted by molar-refractivity contribution is 0.314. The summed E-state index contributed by atoms with van der Waals surface area (Å²) in [7, 11) is 0. The van der Waals surface area contributed by atoms with Gasteiger partial charge in [-0.2, -0.15) is 0 Å². The van der Waals surface area contributed by atoms with Gasteiger partial charge in [0.05, 0.1) is 5.01 Å². The SMILES string of the molecule is NCC1(Cc2nccs2)Cc2ccccc2C1. The minimum absolute atomic E-state index is 0.196. The van der Waals surface area contributed by atoms with Gasteiger partial charge in [0, 0.05) is 18.0 Å². The topological polar surface area (TPSA) is 38.9 Å². The number of benzene rings is 1. The lowest BCUT2D eigenvalue weighted by Crippen LogP contribution is -2.33. The number of thiazole rings is 1. The van der Waals surface area contributed by atoms with E-state index in [2.05, 4.69) is 29.2 Å². The summed E-state index contributed by atoms with van der Waals surface area (Å²) in [5.41, 5.74) is 9.17. The standard InChI is InChI=1S/C14H16N2S/c15-10-14(9-13-16-5-6-17-13)7-11-3-1-2-4-12(11)8-14/h1-6H,7-10,15H2. The van der Waals surface area contributed by atoms with Crippen molar-refractivity contribution in [1.29, 1.82) is 0 Å². The van der Waals surface area contributed by atoms with Gasteiger partial charge in [-0.1, -0.05) is 24.3 Å². The van der Waals surface area contributed by atoms with Crippen molar-refractivity contribution in [2.24, 2.45) is 11.1 Å². The second-order valence-electron chi connectivity index (χ2n) is 4.93. The molecular formula is C14H16N2S. The number of aromatic nitrogens is 1. The molecule has 3 heteroatoms. The Bertz CT molecular complexity index is 474. The van der Waals surface area contributed by atoms with E-state index < -0.39 is 0 Å². The molecule has 1 aliphatic carbocycles. The third-order valence-electron chi connectivity index (χ3n) is 3.69. The molecule has 2 aromatic rings. The normalized spacial score (nSPS) is 17.0. The van der Waals surface area contributed by atoms with Crippen LogP contribution in [-0.4, -0.2) is 11.5 Å². The van der Waals surface area contributed by atoms with E-state index >= 15 is 0 Å². The minimum Gasteiger partial charge on any atom is -0.330 e. The van der Waals surface area contributed by atoms with Gasteiger partial charge < -0.3 is 5.73 Å². The molecule has 0 saturated heterocycles. The molecule has 1 aromatic heterocycles. The molecule has 0 bridgehead atoms. The molecule has 0 spiro atoms. The fraction of sp³-hybridized carbons (Fsp3) is 0.357. The van der Waals surface area contributed by atoms with Gasteiger partial charge in [0.1, 0.15) is 0 Å². The highest BCUT2D eigenvalue weighted by Crippen LogP contribution is 2.39. The quantitative estimate of drug-likeness (QED) is 0.900. The molecule has 0 aliphatic heterocycles. The summed E-state index contributed by atoms with van der Waals surface area (Å²) in [5, 5.41) is 3.25. The Hall–Kier alpha value is -1.19. The van der Waals surface area contributed by atoms with E-state index in [0.29, 0.717) is 0 Å². The molecule has 88 valence electrons. The van der Waals surface area contributed by atoms with Crippen LogP contribution >= 0.6 is 11.3 Å². The lowest BCUT2D eigenvalue weighted by Gasteiger charge is -2.26. The maximum absolute atomic E-state index is 6.04. The molecule has 2 nitrogen and oxygen atoms in total. The highest BCUT2D eigenvalue weighted by atomic mass is 32.1. The van der Waals surface area contributed by atoms with Crippen LogP contribution in [0.15, 0.2) is 35.8 Å². The Morgan fingerprint density at radius 2 is 1.94 bits per heavy atom. The molecule has 1 aromatic carbocycles. The molecule has 3 rings (SSSR count). The van der Waals surface area contributed by atoms with Crippen molar-refractivity contribution < 1.29 is 0 Å². The van der Waals surface area contributed by atoms with Crippen LogP contribution in [0.1, 0.15) is 16.1 Å². The second kappa shape index (κ2) is 4.24. The highest BCUT2D eigenvalue weighted by Gasteiger charge is 2.36. The van der Waals surface area contributed by atoms with Crippen LogP contribution < -0.4 is 5.73 Å². The monoisotopic (exact) mass is 244 g/mol. The minimum atomic E-state index is 0.196. The summed E-state index contributed by atoms with van der Waals surface area (Å²) < 4.78 is 0. The number of nitrogens with two attached hydrogens (primary N) is 1. The molecule has 0 unspecified atom stereocenters. The third-order valence-corrected chi connectivity index (χ3v) is 4.47. The number of fused-ring (bicyclic) bond motifs is 1. The van der Waals surface area contributed by atoms with Gasteiger partial charge in [0.25, 0.3) is 0 Å². The van der Waals surface area contributed by atoms with Crippen molar-refractivity contribution in [3.8, 4) is 0 Å². The van der Waals surface area contributed by atoms with E-state index in [-0.39, 0.29) is 5.41 Å². The van der Waals surface area contributed by atoms with Crippen LogP contribution in [0.3, 0.4) is 0 Å². The van der Waals surface area contributed by atoms with Crippen molar-refractivity contribution in [1.82, 2.24) is 4.98 Å². The Balaban J connectivity index is 1.87. The Morgan fingerprint density at radius 3 is 2.47 bits per heavy atom. The van der Waals surface area contributed by atoms with E-state index in [1.807, 2.05) is 11.6 Å². The molecule has 0 saturated carbocycles. The van der Waals surface area contributed by atoms with Crippen molar-refractivity contribution in [3.05, 3.63) is 52.0 Å². The predicted molar refractivity (Wildman–Crippen MR) is 71.2 cm³/mol. The maximum Gasteiger partial charge on any atom is 0.0931 e. The molecule has 2 N–H and O–H groups in total. The van der Waals surface area contributed by atoms with Crippen LogP contribution in [0.4, 0.5) is 0 Å². The summed E-state index contributed by atoms with van der Waals surface area (Å²) in [5.74, 6) is 0. The summed E-state index contributed by atoms with van der Waals surface area (Å²) in [6.45, 7) is 0.737. The first-order valence-corrected chi connectivity index (χ1v) is 6.85. The Morgan fingerprint density at radius 1 is 1.24 bits per heavy atom. The fourth-order valence-corrected chi connectivity index (χ4v) is 3.57. The molecule has 0 atom stereocenters. The number of hydrogen-bond donors (Lipinski definition) is 1. The average molecular weight is 244 g/mol. The number of hydrogen-bond acceptors (Lipinski definition) is 3.